The normalized spacial score (nSPS) is 28.7. The summed E-state index contributed by atoms with van der Waals surface area (Å²) in [6, 6.07) is 14.8. The summed E-state index contributed by atoms with van der Waals surface area (Å²) >= 11 is 0. The van der Waals surface area contributed by atoms with E-state index in [1.54, 1.807) is 31.5 Å². The van der Waals surface area contributed by atoms with E-state index in [4.69, 9.17) is 9.72 Å². The van der Waals surface area contributed by atoms with Crippen molar-refractivity contribution >= 4 is 21.7 Å². The fraction of sp³-hybridized carbons (Fsp3) is 0.438. The van der Waals surface area contributed by atoms with Crippen molar-refractivity contribution in [1.29, 1.82) is 5.26 Å². The highest BCUT2D eigenvalue weighted by molar-refractivity contribution is 5.88. The van der Waals surface area contributed by atoms with E-state index in [-0.39, 0.29) is 17.8 Å². The number of nitrogens with zero attached hydrogens (tertiary/aromatic N) is 6. The van der Waals surface area contributed by atoms with Crippen molar-refractivity contribution in [2.75, 3.05) is 26.7 Å². The van der Waals surface area contributed by atoms with Crippen molar-refractivity contribution in [2.45, 2.75) is 55.8 Å². The number of benzene rings is 2. The highest BCUT2D eigenvalue weighted by atomic mass is 19.2. The van der Waals surface area contributed by atoms with Crippen LogP contribution in [0.4, 0.5) is 4.48 Å². The zero-order valence-corrected chi connectivity index (χ0v) is 23.7. The van der Waals surface area contributed by atoms with E-state index in [1.165, 1.54) is 0 Å². The molecule has 3 aliphatic heterocycles. The molecule has 2 bridgehead atoms. The number of phenols is 1. The monoisotopic (exact) mass is 567 g/mol. The van der Waals surface area contributed by atoms with Gasteiger partial charge in [0.15, 0.2) is 0 Å². The molecule has 0 aliphatic carbocycles. The number of aromatic nitrogens is 3. The Balaban J connectivity index is 1.40. The quantitative estimate of drug-likeness (QED) is 0.322. The number of pyridine rings is 1. The molecule has 5 heterocycles. The number of rotatable bonds is 6. The van der Waals surface area contributed by atoms with Crippen LogP contribution in [0.5, 0.6) is 11.8 Å². The molecule has 6 atom stereocenters. The molecule has 2 N–H and O–H groups in total. The second kappa shape index (κ2) is 10.4. The maximum Gasteiger partial charge on any atom is 0.317 e. The number of fused-ring (bicyclic) bond motifs is 4. The molecule has 3 saturated heterocycles. The first kappa shape index (κ1) is 27.0. The Morgan fingerprint density at radius 3 is 2.90 bits per heavy atom. The maximum atomic E-state index is 16.9. The van der Waals surface area contributed by atoms with E-state index in [1.807, 2.05) is 30.3 Å². The molecule has 5 unspecified atom stereocenters. The van der Waals surface area contributed by atoms with Gasteiger partial charge in [0, 0.05) is 36.3 Å². The third-order valence-corrected chi connectivity index (χ3v) is 9.77. The first-order valence-corrected chi connectivity index (χ1v) is 14.7. The lowest BCUT2D eigenvalue weighted by molar-refractivity contribution is -0.140. The van der Waals surface area contributed by atoms with Crippen molar-refractivity contribution in [3.8, 4) is 17.8 Å². The van der Waals surface area contributed by atoms with Gasteiger partial charge in [0.05, 0.1) is 40.8 Å². The zero-order chi connectivity index (χ0) is 29.0. The minimum absolute atomic E-state index is 0.115. The van der Waals surface area contributed by atoms with Crippen molar-refractivity contribution in [2.24, 2.45) is 5.92 Å². The van der Waals surface area contributed by atoms with Crippen molar-refractivity contribution in [3.05, 3.63) is 66.1 Å². The molecule has 7 rings (SSSR count). The van der Waals surface area contributed by atoms with Gasteiger partial charge in [-0.2, -0.15) is 15.2 Å². The molecule has 2 aromatic carbocycles. The van der Waals surface area contributed by atoms with Gasteiger partial charge < -0.3 is 20.1 Å². The van der Waals surface area contributed by atoms with Gasteiger partial charge in [0.2, 0.25) is 0 Å². The molecule has 4 aromatic rings. The number of nitriles is 1. The summed E-state index contributed by atoms with van der Waals surface area (Å²) in [6.07, 6.45) is 6.03. The first-order chi connectivity index (χ1) is 20.4. The molecular weight excluding hydrogens is 533 g/mol. The fourth-order valence-corrected chi connectivity index (χ4v) is 7.69. The van der Waals surface area contributed by atoms with Gasteiger partial charge in [-0.15, -0.1) is 9.60 Å². The lowest BCUT2D eigenvalue weighted by Gasteiger charge is -2.49. The third-order valence-electron chi connectivity index (χ3n) is 9.77. The number of halogens is 1. The molecule has 9 nitrogen and oxygen atoms in total. The van der Waals surface area contributed by atoms with Crippen LogP contribution >= 0.6 is 0 Å². The minimum atomic E-state index is -1.33. The maximum absolute atomic E-state index is 16.9. The van der Waals surface area contributed by atoms with Crippen molar-refractivity contribution in [3.63, 3.8) is 0 Å². The number of likely N-dealkylation sites (tertiary alicyclic amines) is 1. The second-order valence-electron chi connectivity index (χ2n) is 12.0. The Kier molecular flexibility index (Phi) is 6.69. The Bertz CT molecular complexity index is 1700. The highest BCUT2D eigenvalue weighted by Gasteiger charge is 2.65. The molecule has 2 aromatic heterocycles. The number of hydrogen-bond donors (Lipinski definition) is 2. The highest BCUT2D eigenvalue weighted by Crippen LogP contribution is 2.59. The van der Waals surface area contributed by atoms with Gasteiger partial charge in [-0.3, -0.25) is 4.98 Å². The second-order valence-corrected chi connectivity index (χ2v) is 12.0. The summed E-state index contributed by atoms with van der Waals surface area (Å²) < 4.78 is 23.1. The van der Waals surface area contributed by atoms with E-state index < -0.39 is 29.5 Å². The summed E-state index contributed by atoms with van der Waals surface area (Å²) in [5.74, 6) is -1.05. The van der Waals surface area contributed by atoms with Gasteiger partial charge >= 0.3 is 6.01 Å². The van der Waals surface area contributed by atoms with Crippen LogP contribution in [0.2, 0.25) is 0 Å². The number of piperazine rings is 1. The number of phenolic OH excluding ortho intramolecular Hbond substituents is 1. The Morgan fingerprint density at radius 2 is 2.10 bits per heavy atom. The van der Waals surface area contributed by atoms with Crippen LogP contribution in [0, 0.1) is 17.2 Å². The molecule has 0 radical (unpaired) electrons. The molecule has 0 amide bonds. The third kappa shape index (κ3) is 4.10. The Labute approximate surface area is 243 Å². The molecule has 3 aliphatic rings. The van der Waals surface area contributed by atoms with E-state index in [0.29, 0.717) is 36.2 Å². The summed E-state index contributed by atoms with van der Waals surface area (Å²) in [7, 11) is 2.09. The van der Waals surface area contributed by atoms with Gasteiger partial charge in [-0.1, -0.05) is 24.3 Å². The van der Waals surface area contributed by atoms with E-state index in [0.717, 1.165) is 40.8 Å². The Morgan fingerprint density at radius 1 is 1.24 bits per heavy atom. The summed E-state index contributed by atoms with van der Waals surface area (Å²) in [4.78, 5) is 16.2. The van der Waals surface area contributed by atoms with Crippen LogP contribution in [0.15, 0.2) is 54.9 Å². The average molecular weight is 568 g/mol. The fourth-order valence-electron chi connectivity index (χ4n) is 7.69. The summed E-state index contributed by atoms with van der Waals surface area (Å²) in [5.41, 5.74) is 0.705. The summed E-state index contributed by atoms with van der Waals surface area (Å²) in [6.45, 7) is 3.65. The molecule has 0 spiro atoms. The number of likely N-dealkylation sites (N-methyl/N-ethyl adjacent to an activating group) is 1. The lowest BCUT2D eigenvalue weighted by Crippen LogP contribution is -2.63. The Hall–Kier alpha value is -3.91. The lowest BCUT2D eigenvalue weighted by atomic mass is 9.67. The molecular formula is C32H34FN7O2. The number of ether oxygens (including phenoxy) is 1. The van der Waals surface area contributed by atoms with Gasteiger partial charge in [-0.05, 0) is 74.3 Å². The van der Waals surface area contributed by atoms with Crippen LogP contribution in [0.3, 0.4) is 0 Å². The zero-order valence-electron chi connectivity index (χ0n) is 23.7. The number of nitrogens with one attached hydrogen (secondary N) is 1. The van der Waals surface area contributed by atoms with Crippen LogP contribution in [0.25, 0.3) is 21.7 Å². The van der Waals surface area contributed by atoms with Crippen molar-refractivity contribution in [1.82, 2.24) is 30.3 Å². The first-order valence-electron chi connectivity index (χ1n) is 14.7. The van der Waals surface area contributed by atoms with Crippen molar-refractivity contribution < 1.29 is 14.3 Å². The van der Waals surface area contributed by atoms with Gasteiger partial charge in [0.1, 0.15) is 12.4 Å². The average Bonchev–Trinajstić information content (AvgIpc) is 3.48. The predicted octanol–water partition coefficient (Wildman–Crippen LogP) is 4.64. The molecule has 10 heteroatoms. The molecule has 42 heavy (non-hydrogen) atoms. The largest absolute Gasteiger partial charge is 0.508 e. The number of aromatic hydroxyl groups is 1. The van der Waals surface area contributed by atoms with Gasteiger partial charge in [-0.25, -0.2) is 0 Å². The van der Waals surface area contributed by atoms with E-state index in [9.17, 15) is 10.4 Å². The molecule has 0 saturated carbocycles. The van der Waals surface area contributed by atoms with Crippen LogP contribution in [-0.2, 0) is 0 Å². The van der Waals surface area contributed by atoms with Crippen LogP contribution in [-0.4, -0.2) is 74.4 Å². The standard InChI is InChI=1S/C32H34FN7O2/c1-19(15-34)32-27(25-14-23(41)12-20-6-3-4-8-24(20)25)13-22(40(32)33)16-36-30(32)29-26-17-35-10-9-28(26)37-31(38-29)42-18-21-7-5-11-39(21)2/h3-4,6,8-10,12,14,17,19,21-22,27,30,36,41H,5,7,11,13,16,18H2,1-2H3/t19?,21-,22?,27?,30?,32?/m0/s1. The van der Waals surface area contributed by atoms with E-state index in [2.05, 4.69) is 33.3 Å². The van der Waals surface area contributed by atoms with Crippen LogP contribution < -0.4 is 10.1 Å². The molecule has 216 valence electrons. The predicted molar refractivity (Wildman–Crippen MR) is 156 cm³/mol. The minimum Gasteiger partial charge on any atom is -0.508 e. The smallest absolute Gasteiger partial charge is 0.317 e. The van der Waals surface area contributed by atoms with Crippen LogP contribution in [0.1, 0.15) is 49.4 Å². The van der Waals surface area contributed by atoms with E-state index >= 15 is 4.48 Å². The topological polar surface area (TPSA) is 110 Å². The number of hydrogen-bond acceptors (Lipinski definition) is 9. The molecule has 3 fully saturated rings. The van der Waals surface area contributed by atoms with Gasteiger partial charge in [0.25, 0.3) is 0 Å². The summed E-state index contributed by atoms with van der Waals surface area (Å²) in [5, 5.41) is 28.2. The SMILES string of the molecule is CC(C#N)C12C(c3cc(O)cc4ccccc34)CC(CNC1c1nc(OC[C@@H]3CCCN3C)nc3ccncc13)N2F.